The van der Waals surface area contributed by atoms with Crippen LogP contribution >= 0.6 is 24.0 Å². The number of nitrogens with zero attached hydrogens (tertiary/aromatic N) is 4. The first-order chi connectivity index (χ1) is 9.17. The van der Waals surface area contributed by atoms with Crippen molar-refractivity contribution in [3.8, 4) is 0 Å². The van der Waals surface area contributed by atoms with Gasteiger partial charge in [-0.15, -0.1) is 24.0 Å². The Morgan fingerprint density at radius 1 is 1.50 bits per heavy atom. The number of likely N-dealkylation sites (tertiary alicyclic amines) is 1. The van der Waals surface area contributed by atoms with E-state index in [2.05, 4.69) is 38.6 Å². The van der Waals surface area contributed by atoms with Gasteiger partial charge in [0, 0.05) is 45.6 Å². The fourth-order valence-electron chi connectivity index (χ4n) is 2.54. The summed E-state index contributed by atoms with van der Waals surface area (Å²) >= 11 is 0. The molecule has 1 aromatic heterocycles. The summed E-state index contributed by atoms with van der Waals surface area (Å²) in [5.41, 5.74) is 0.446. The van der Waals surface area contributed by atoms with Crippen LogP contribution in [0.4, 0.5) is 0 Å². The predicted octanol–water partition coefficient (Wildman–Crippen LogP) is 2.20. The number of rotatable bonds is 4. The number of imidazole rings is 1. The van der Waals surface area contributed by atoms with Crippen molar-refractivity contribution in [3.05, 3.63) is 18.7 Å². The van der Waals surface area contributed by atoms with Crippen molar-refractivity contribution in [2.45, 2.75) is 33.2 Å². The summed E-state index contributed by atoms with van der Waals surface area (Å²) in [6.07, 6.45) is 8.12. The van der Waals surface area contributed by atoms with Crippen LogP contribution in [0.2, 0.25) is 0 Å². The number of guanidine groups is 1. The number of hydrogen-bond acceptors (Lipinski definition) is 2. The van der Waals surface area contributed by atoms with Crippen LogP contribution in [0, 0.1) is 5.41 Å². The Balaban J connectivity index is 0.00000200. The van der Waals surface area contributed by atoms with E-state index in [1.807, 2.05) is 25.8 Å². The van der Waals surface area contributed by atoms with Gasteiger partial charge in [-0.05, 0) is 18.3 Å². The number of aromatic nitrogens is 2. The maximum absolute atomic E-state index is 4.40. The van der Waals surface area contributed by atoms with Gasteiger partial charge < -0.3 is 14.8 Å². The van der Waals surface area contributed by atoms with E-state index in [0.717, 1.165) is 32.1 Å². The average molecular weight is 391 g/mol. The van der Waals surface area contributed by atoms with Crippen molar-refractivity contribution in [2.75, 3.05) is 26.7 Å². The van der Waals surface area contributed by atoms with Crippen LogP contribution in [0.3, 0.4) is 0 Å². The Hall–Kier alpha value is -0.790. The molecule has 1 aliphatic heterocycles. The molecule has 0 saturated carbocycles. The molecule has 6 heteroatoms. The van der Waals surface area contributed by atoms with Crippen LogP contribution in [0.1, 0.15) is 26.7 Å². The van der Waals surface area contributed by atoms with E-state index in [9.17, 15) is 0 Å². The zero-order valence-electron chi connectivity index (χ0n) is 12.7. The lowest BCUT2D eigenvalue weighted by Gasteiger charge is -2.25. The first-order valence-electron chi connectivity index (χ1n) is 7.08. The van der Waals surface area contributed by atoms with Gasteiger partial charge in [0.25, 0.3) is 0 Å². The van der Waals surface area contributed by atoms with Crippen LogP contribution in [-0.4, -0.2) is 47.1 Å². The zero-order chi connectivity index (χ0) is 13.7. The third-order valence-corrected chi connectivity index (χ3v) is 4.14. The summed E-state index contributed by atoms with van der Waals surface area (Å²) in [6, 6.07) is 0. The SMILES string of the molecule is CCC1(C)CCN(C(=NC)NCCn2ccnc2)C1.I. The maximum atomic E-state index is 4.40. The van der Waals surface area contributed by atoms with E-state index in [0.29, 0.717) is 5.41 Å². The van der Waals surface area contributed by atoms with Crippen LogP contribution in [0.5, 0.6) is 0 Å². The highest BCUT2D eigenvalue weighted by Crippen LogP contribution is 2.32. The molecule has 0 amide bonds. The van der Waals surface area contributed by atoms with E-state index in [1.54, 1.807) is 0 Å². The molecule has 0 aliphatic carbocycles. The second kappa shape index (κ2) is 7.85. The minimum absolute atomic E-state index is 0. The van der Waals surface area contributed by atoms with Crippen LogP contribution in [-0.2, 0) is 6.54 Å². The van der Waals surface area contributed by atoms with Gasteiger partial charge in [-0.2, -0.15) is 0 Å². The Morgan fingerprint density at radius 3 is 2.85 bits per heavy atom. The lowest BCUT2D eigenvalue weighted by Crippen LogP contribution is -2.42. The van der Waals surface area contributed by atoms with Gasteiger partial charge in [0.1, 0.15) is 0 Å². The van der Waals surface area contributed by atoms with Crippen molar-refractivity contribution in [1.29, 1.82) is 0 Å². The van der Waals surface area contributed by atoms with Crippen molar-refractivity contribution in [2.24, 2.45) is 10.4 Å². The third-order valence-electron chi connectivity index (χ3n) is 4.14. The van der Waals surface area contributed by atoms with E-state index in [1.165, 1.54) is 12.8 Å². The minimum atomic E-state index is 0. The molecule has 20 heavy (non-hydrogen) atoms. The molecule has 0 bridgehead atoms. The highest BCUT2D eigenvalue weighted by molar-refractivity contribution is 14.0. The molecule has 1 N–H and O–H groups in total. The molecule has 1 aromatic rings. The fraction of sp³-hybridized carbons (Fsp3) is 0.714. The van der Waals surface area contributed by atoms with Crippen LogP contribution in [0.15, 0.2) is 23.7 Å². The number of aliphatic imine (C=N–C) groups is 1. The first-order valence-corrected chi connectivity index (χ1v) is 7.08. The second-order valence-corrected chi connectivity index (χ2v) is 5.61. The topological polar surface area (TPSA) is 45.5 Å². The Bertz CT molecular complexity index is 417. The molecular formula is C14H26IN5. The first kappa shape index (κ1) is 17.3. The zero-order valence-corrected chi connectivity index (χ0v) is 15.0. The average Bonchev–Trinajstić information content (AvgIpc) is 3.05. The number of hydrogen-bond donors (Lipinski definition) is 1. The molecule has 0 radical (unpaired) electrons. The summed E-state index contributed by atoms with van der Waals surface area (Å²) in [4.78, 5) is 10.8. The van der Waals surface area contributed by atoms with Crippen molar-refractivity contribution < 1.29 is 0 Å². The van der Waals surface area contributed by atoms with Gasteiger partial charge in [-0.25, -0.2) is 4.98 Å². The molecule has 1 fully saturated rings. The number of nitrogens with one attached hydrogen (secondary N) is 1. The molecule has 1 atom stereocenters. The van der Waals surface area contributed by atoms with E-state index < -0.39 is 0 Å². The molecule has 2 heterocycles. The summed E-state index contributed by atoms with van der Waals surface area (Å²) in [6.45, 7) is 8.65. The van der Waals surface area contributed by atoms with Gasteiger partial charge in [0.15, 0.2) is 5.96 Å². The maximum Gasteiger partial charge on any atom is 0.193 e. The molecule has 5 nitrogen and oxygen atoms in total. The quantitative estimate of drug-likeness (QED) is 0.486. The van der Waals surface area contributed by atoms with Gasteiger partial charge >= 0.3 is 0 Å². The Morgan fingerprint density at radius 2 is 2.30 bits per heavy atom. The second-order valence-electron chi connectivity index (χ2n) is 5.61. The molecular weight excluding hydrogens is 365 g/mol. The van der Waals surface area contributed by atoms with Gasteiger partial charge in [0.2, 0.25) is 0 Å². The van der Waals surface area contributed by atoms with E-state index in [4.69, 9.17) is 0 Å². The molecule has 2 rings (SSSR count). The van der Waals surface area contributed by atoms with Gasteiger partial charge in [-0.3, -0.25) is 4.99 Å². The van der Waals surface area contributed by atoms with E-state index in [-0.39, 0.29) is 24.0 Å². The van der Waals surface area contributed by atoms with Crippen LogP contribution < -0.4 is 5.32 Å². The normalized spacial score (nSPS) is 22.8. The monoisotopic (exact) mass is 391 g/mol. The van der Waals surface area contributed by atoms with Gasteiger partial charge in [0.05, 0.1) is 6.33 Å². The molecule has 1 unspecified atom stereocenters. The summed E-state index contributed by atoms with van der Waals surface area (Å²) in [5.74, 6) is 1.03. The standard InChI is InChI=1S/C14H25N5.HI/c1-4-14(2)5-8-19(11-14)13(15-3)17-7-10-18-9-6-16-12-18;/h6,9,12H,4-5,7-8,10-11H2,1-3H3,(H,15,17);1H. The molecule has 1 aliphatic rings. The molecule has 0 spiro atoms. The Kier molecular flexibility index (Phi) is 6.78. The Labute approximate surface area is 138 Å². The molecule has 1 saturated heterocycles. The summed E-state index contributed by atoms with van der Waals surface area (Å²) in [7, 11) is 1.86. The summed E-state index contributed by atoms with van der Waals surface area (Å²) < 4.78 is 2.07. The predicted molar refractivity (Wildman–Crippen MR) is 93.6 cm³/mol. The third kappa shape index (κ3) is 4.36. The molecule has 114 valence electrons. The smallest absolute Gasteiger partial charge is 0.193 e. The van der Waals surface area contributed by atoms with Crippen molar-refractivity contribution >= 4 is 29.9 Å². The lowest BCUT2D eigenvalue weighted by atomic mass is 9.87. The molecule has 0 aromatic carbocycles. The highest BCUT2D eigenvalue weighted by atomic mass is 127. The highest BCUT2D eigenvalue weighted by Gasteiger charge is 2.33. The van der Waals surface area contributed by atoms with E-state index >= 15 is 0 Å². The van der Waals surface area contributed by atoms with Crippen molar-refractivity contribution in [1.82, 2.24) is 19.8 Å². The largest absolute Gasteiger partial charge is 0.354 e. The lowest BCUT2D eigenvalue weighted by molar-refractivity contribution is 0.322. The minimum Gasteiger partial charge on any atom is -0.354 e. The van der Waals surface area contributed by atoms with Crippen LogP contribution in [0.25, 0.3) is 0 Å². The fourth-order valence-corrected chi connectivity index (χ4v) is 2.54. The van der Waals surface area contributed by atoms with Crippen molar-refractivity contribution in [3.63, 3.8) is 0 Å². The van der Waals surface area contributed by atoms with Gasteiger partial charge in [-0.1, -0.05) is 13.8 Å². The number of halogens is 1. The summed E-state index contributed by atoms with van der Waals surface area (Å²) in [5, 5.41) is 3.44.